The lowest BCUT2D eigenvalue weighted by Gasteiger charge is -2.03. The van der Waals surface area contributed by atoms with Crippen LogP contribution in [-0.4, -0.2) is 11.2 Å². The molecule has 0 aliphatic carbocycles. The summed E-state index contributed by atoms with van der Waals surface area (Å²) in [5.74, 6) is 0. The third kappa shape index (κ3) is 2.80. The van der Waals surface area contributed by atoms with Gasteiger partial charge in [0.2, 0.25) is 0 Å². The highest BCUT2D eigenvalue weighted by Crippen LogP contribution is 2.22. The molecule has 0 atom stereocenters. The van der Waals surface area contributed by atoms with Crippen molar-refractivity contribution in [2.75, 3.05) is 5.43 Å². The fourth-order valence-corrected chi connectivity index (χ4v) is 2.32. The molecule has 1 aromatic heterocycles. The number of rotatable bonds is 3. The molecule has 2 N–H and O–H groups in total. The molecular weight excluding hydrogens is 286 g/mol. The molecule has 3 aromatic rings. The smallest absolute Gasteiger partial charge is 0.258 e. The summed E-state index contributed by atoms with van der Waals surface area (Å²) in [7, 11) is 0. The van der Waals surface area contributed by atoms with Crippen molar-refractivity contribution in [3.05, 3.63) is 75.5 Å². The van der Waals surface area contributed by atoms with E-state index in [1.165, 1.54) is 6.21 Å². The lowest BCUT2D eigenvalue weighted by molar-refractivity contribution is 1.28. The second kappa shape index (κ2) is 5.81. The SMILES string of the molecule is O=c1[nH]c2ccccc2c(Cl)c1/C=N/Nc1ccccc1. The van der Waals surface area contributed by atoms with Gasteiger partial charge in [-0.3, -0.25) is 10.2 Å². The molecule has 0 unspecified atom stereocenters. The number of halogens is 1. The number of aromatic amines is 1. The summed E-state index contributed by atoms with van der Waals surface area (Å²) in [5, 5.41) is 5.25. The maximum absolute atomic E-state index is 12.0. The van der Waals surface area contributed by atoms with Crippen molar-refractivity contribution in [2.45, 2.75) is 0 Å². The summed E-state index contributed by atoms with van der Waals surface area (Å²) in [6.07, 6.45) is 1.43. The fraction of sp³-hybridized carbons (Fsp3) is 0. The van der Waals surface area contributed by atoms with Gasteiger partial charge in [0.25, 0.3) is 5.56 Å². The van der Waals surface area contributed by atoms with Crippen LogP contribution in [0.25, 0.3) is 10.9 Å². The van der Waals surface area contributed by atoms with Gasteiger partial charge in [-0.1, -0.05) is 48.0 Å². The van der Waals surface area contributed by atoms with E-state index in [4.69, 9.17) is 11.6 Å². The zero-order chi connectivity index (χ0) is 14.7. The number of H-pyrrole nitrogens is 1. The van der Waals surface area contributed by atoms with Crippen LogP contribution >= 0.6 is 11.6 Å². The van der Waals surface area contributed by atoms with Gasteiger partial charge in [-0.25, -0.2) is 0 Å². The van der Waals surface area contributed by atoms with Crippen molar-refractivity contribution in [3.8, 4) is 0 Å². The number of nitrogens with zero attached hydrogens (tertiary/aromatic N) is 1. The first-order chi connectivity index (χ1) is 10.3. The van der Waals surface area contributed by atoms with Crippen LogP contribution < -0.4 is 11.0 Å². The van der Waals surface area contributed by atoms with Gasteiger partial charge in [0, 0.05) is 10.9 Å². The number of hydrogen-bond donors (Lipinski definition) is 2. The third-order valence-electron chi connectivity index (χ3n) is 3.05. The Kier molecular flexibility index (Phi) is 3.71. The van der Waals surface area contributed by atoms with Gasteiger partial charge in [-0.15, -0.1) is 0 Å². The Morgan fingerprint density at radius 2 is 1.76 bits per heavy atom. The van der Waals surface area contributed by atoms with E-state index in [0.29, 0.717) is 16.1 Å². The van der Waals surface area contributed by atoms with E-state index >= 15 is 0 Å². The monoisotopic (exact) mass is 297 g/mol. The molecule has 2 aromatic carbocycles. The largest absolute Gasteiger partial charge is 0.321 e. The molecule has 0 aliphatic rings. The van der Waals surface area contributed by atoms with Gasteiger partial charge in [0.1, 0.15) is 0 Å². The van der Waals surface area contributed by atoms with E-state index in [1.807, 2.05) is 54.6 Å². The van der Waals surface area contributed by atoms with Gasteiger partial charge in [-0.2, -0.15) is 5.10 Å². The number of aromatic nitrogens is 1. The number of hydrogen-bond acceptors (Lipinski definition) is 3. The Balaban J connectivity index is 1.95. The molecule has 4 nitrogen and oxygen atoms in total. The minimum Gasteiger partial charge on any atom is -0.321 e. The van der Waals surface area contributed by atoms with Gasteiger partial charge < -0.3 is 4.98 Å². The Hall–Kier alpha value is -2.59. The molecular formula is C16H12ClN3O. The highest BCUT2D eigenvalue weighted by Gasteiger charge is 2.08. The number of para-hydroxylation sites is 2. The van der Waals surface area contributed by atoms with Crippen LogP contribution in [0.3, 0.4) is 0 Å². The number of benzene rings is 2. The summed E-state index contributed by atoms with van der Waals surface area (Å²) >= 11 is 6.29. The van der Waals surface area contributed by atoms with E-state index in [1.54, 1.807) is 0 Å². The fourth-order valence-electron chi connectivity index (χ4n) is 2.02. The van der Waals surface area contributed by atoms with Crippen molar-refractivity contribution in [3.63, 3.8) is 0 Å². The minimum atomic E-state index is -0.266. The van der Waals surface area contributed by atoms with Crippen molar-refractivity contribution in [2.24, 2.45) is 5.10 Å². The predicted molar refractivity (Wildman–Crippen MR) is 87.2 cm³/mol. The molecule has 0 radical (unpaired) electrons. The zero-order valence-corrected chi connectivity index (χ0v) is 11.8. The standard InChI is InChI=1S/C16H12ClN3O/c17-15-12-8-4-5-9-14(12)19-16(21)13(15)10-18-20-11-6-2-1-3-7-11/h1-10,20H,(H,19,21)/b18-10+. The van der Waals surface area contributed by atoms with Gasteiger partial charge in [0.15, 0.2) is 0 Å². The van der Waals surface area contributed by atoms with Crippen molar-refractivity contribution in [1.29, 1.82) is 0 Å². The number of anilines is 1. The van der Waals surface area contributed by atoms with Crippen LogP contribution in [0, 0.1) is 0 Å². The topological polar surface area (TPSA) is 57.2 Å². The molecule has 0 fully saturated rings. The molecule has 21 heavy (non-hydrogen) atoms. The average Bonchev–Trinajstić information content (AvgIpc) is 2.51. The summed E-state index contributed by atoms with van der Waals surface area (Å²) in [5.41, 5.74) is 4.46. The second-order valence-corrected chi connectivity index (χ2v) is 4.84. The van der Waals surface area contributed by atoms with E-state index in [2.05, 4.69) is 15.5 Å². The molecule has 0 aliphatic heterocycles. The number of pyridine rings is 1. The maximum Gasteiger partial charge on any atom is 0.258 e. The number of hydrazone groups is 1. The summed E-state index contributed by atoms with van der Waals surface area (Å²) < 4.78 is 0. The molecule has 104 valence electrons. The van der Waals surface area contributed by atoms with Crippen LogP contribution in [0.1, 0.15) is 5.56 Å². The highest BCUT2D eigenvalue weighted by molar-refractivity contribution is 6.37. The summed E-state index contributed by atoms with van der Waals surface area (Å²) in [6, 6.07) is 16.9. The van der Waals surface area contributed by atoms with Crippen LogP contribution in [0.15, 0.2) is 64.5 Å². The van der Waals surface area contributed by atoms with E-state index in [0.717, 1.165) is 11.1 Å². The molecule has 3 rings (SSSR count). The highest BCUT2D eigenvalue weighted by atomic mass is 35.5. The Bertz CT molecular complexity index is 856. The van der Waals surface area contributed by atoms with Crippen LogP contribution in [0.4, 0.5) is 5.69 Å². The molecule has 5 heteroatoms. The minimum absolute atomic E-state index is 0.266. The normalized spacial score (nSPS) is 11.1. The zero-order valence-electron chi connectivity index (χ0n) is 11.0. The Labute approximate surface area is 126 Å². The van der Waals surface area contributed by atoms with Crippen LogP contribution in [0.5, 0.6) is 0 Å². The predicted octanol–water partition coefficient (Wildman–Crippen LogP) is 3.63. The van der Waals surface area contributed by atoms with Crippen LogP contribution in [-0.2, 0) is 0 Å². The maximum atomic E-state index is 12.0. The first-order valence-corrected chi connectivity index (χ1v) is 6.78. The van der Waals surface area contributed by atoms with Crippen molar-refractivity contribution >= 4 is 34.4 Å². The Morgan fingerprint density at radius 3 is 2.57 bits per heavy atom. The third-order valence-corrected chi connectivity index (χ3v) is 3.46. The lowest BCUT2D eigenvalue weighted by atomic mass is 10.1. The second-order valence-electron chi connectivity index (χ2n) is 4.46. The van der Waals surface area contributed by atoms with Crippen molar-refractivity contribution in [1.82, 2.24) is 4.98 Å². The van der Waals surface area contributed by atoms with E-state index < -0.39 is 0 Å². The van der Waals surface area contributed by atoms with Crippen molar-refractivity contribution < 1.29 is 0 Å². The van der Waals surface area contributed by atoms with E-state index in [-0.39, 0.29) is 5.56 Å². The molecule has 0 spiro atoms. The number of fused-ring (bicyclic) bond motifs is 1. The van der Waals surface area contributed by atoms with Crippen LogP contribution in [0.2, 0.25) is 5.02 Å². The lowest BCUT2D eigenvalue weighted by Crippen LogP contribution is -2.13. The Morgan fingerprint density at radius 1 is 1.05 bits per heavy atom. The quantitative estimate of drug-likeness (QED) is 0.573. The molecule has 1 heterocycles. The first kappa shape index (κ1) is 13.4. The molecule has 0 saturated heterocycles. The van der Waals surface area contributed by atoms with Gasteiger partial charge >= 0.3 is 0 Å². The van der Waals surface area contributed by atoms with Gasteiger partial charge in [0.05, 0.1) is 22.5 Å². The molecule has 0 saturated carbocycles. The number of nitrogens with one attached hydrogen (secondary N) is 2. The summed E-state index contributed by atoms with van der Waals surface area (Å²) in [4.78, 5) is 14.8. The average molecular weight is 298 g/mol. The molecule has 0 bridgehead atoms. The summed E-state index contributed by atoms with van der Waals surface area (Å²) in [6.45, 7) is 0. The van der Waals surface area contributed by atoms with E-state index in [9.17, 15) is 4.79 Å². The van der Waals surface area contributed by atoms with Gasteiger partial charge in [-0.05, 0) is 18.2 Å². The first-order valence-electron chi connectivity index (χ1n) is 6.40. The molecule has 0 amide bonds.